The molecule has 0 radical (unpaired) electrons. The predicted octanol–water partition coefficient (Wildman–Crippen LogP) is 3.92. The van der Waals surface area contributed by atoms with E-state index in [1.54, 1.807) is 23.5 Å². The van der Waals surface area contributed by atoms with E-state index < -0.39 is 10.0 Å². The summed E-state index contributed by atoms with van der Waals surface area (Å²) in [6.07, 6.45) is 2.40. The minimum Gasteiger partial charge on any atom is -0.495 e. The number of carbonyl (C=O) groups excluding carboxylic acids is 1. The zero-order chi connectivity index (χ0) is 22.4. The summed E-state index contributed by atoms with van der Waals surface area (Å²) in [7, 11) is -1.87. The van der Waals surface area contributed by atoms with E-state index in [2.05, 4.69) is 10.6 Å². The third-order valence-corrected chi connectivity index (χ3v) is 7.59. The van der Waals surface area contributed by atoms with Crippen molar-refractivity contribution in [3.05, 3.63) is 53.6 Å². The van der Waals surface area contributed by atoms with Crippen molar-refractivity contribution >= 4 is 21.7 Å². The summed E-state index contributed by atoms with van der Waals surface area (Å²) in [4.78, 5) is 12.6. The van der Waals surface area contributed by atoms with Crippen molar-refractivity contribution in [3.8, 4) is 5.75 Å². The van der Waals surface area contributed by atoms with Crippen LogP contribution in [0.2, 0.25) is 0 Å². The van der Waals surface area contributed by atoms with Gasteiger partial charge in [0.2, 0.25) is 10.0 Å². The highest BCUT2D eigenvalue weighted by atomic mass is 32.2. The average Bonchev–Trinajstić information content (AvgIpc) is 2.74. The van der Waals surface area contributed by atoms with Gasteiger partial charge in [0.25, 0.3) is 0 Å². The molecule has 1 saturated heterocycles. The number of methoxy groups -OCH3 is 1. The quantitative estimate of drug-likeness (QED) is 0.676. The maximum Gasteiger partial charge on any atom is 0.319 e. The highest BCUT2D eigenvalue weighted by molar-refractivity contribution is 7.89. The van der Waals surface area contributed by atoms with Gasteiger partial charge < -0.3 is 15.4 Å². The fourth-order valence-corrected chi connectivity index (χ4v) is 5.24. The number of anilines is 1. The number of sulfonamides is 1. The molecular formula is C23H31N3O4S. The molecule has 0 bridgehead atoms. The molecule has 1 aliphatic rings. The number of hydrogen-bond acceptors (Lipinski definition) is 4. The van der Waals surface area contributed by atoms with Crippen molar-refractivity contribution in [1.29, 1.82) is 0 Å². The van der Waals surface area contributed by atoms with Crippen LogP contribution in [0.5, 0.6) is 5.75 Å². The Morgan fingerprint density at radius 3 is 2.35 bits per heavy atom. The lowest BCUT2D eigenvalue weighted by molar-refractivity contribution is 0.245. The van der Waals surface area contributed by atoms with Crippen LogP contribution < -0.4 is 15.4 Å². The van der Waals surface area contributed by atoms with Gasteiger partial charge in [-0.2, -0.15) is 4.31 Å². The Morgan fingerprint density at radius 1 is 1.06 bits per heavy atom. The summed E-state index contributed by atoms with van der Waals surface area (Å²) in [5, 5.41) is 5.71. The van der Waals surface area contributed by atoms with Crippen LogP contribution in [0.25, 0.3) is 0 Å². The zero-order valence-corrected chi connectivity index (χ0v) is 19.2. The number of benzene rings is 2. The molecule has 0 aromatic heterocycles. The van der Waals surface area contributed by atoms with Crippen LogP contribution in [0.1, 0.15) is 30.4 Å². The molecule has 2 aromatic carbocycles. The molecule has 2 N–H and O–H groups in total. The number of piperidine rings is 1. The molecule has 8 heteroatoms. The molecule has 1 aliphatic heterocycles. The number of carbonyl (C=O) groups is 1. The number of aryl methyl sites for hydroxylation is 2. The van der Waals surface area contributed by atoms with Crippen molar-refractivity contribution < 1.29 is 17.9 Å². The predicted molar refractivity (Wildman–Crippen MR) is 122 cm³/mol. The molecule has 0 aliphatic carbocycles. The Hall–Kier alpha value is -2.58. The van der Waals surface area contributed by atoms with Gasteiger partial charge in [0.05, 0.1) is 17.7 Å². The van der Waals surface area contributed by atoms with Crippen LogP contribution in [0.15, 0.2) is 47.4 Å². The molecule has 0 atom stereocenters. The first-order chi connectivity index (χ1) is 14.8. The number of amides is 2. The molecule has 7 nitrogen and oxygen atoms in total. The zero-order valence-electron chi connectivity index (χ0n) is 18.3. The molecule has 0 saturated carbocycles. The highest BCUT2D eigenvalue weighted by Gasteiger charge is 2.29. The Bertz CT molecular complexity index is 998. The van der Waals surface area contributed by atoms with Crippen LogP contribution in [0.3, 0.4) is 0 Å². The van der Waals surface area contributed by atoms with E-state index in [1.165, 1.54) is 0 Å². The topological polar surface area (TPSA) is 87.7 Å². The van der Waals surface area contributed by atoms with Crippen molar-refractivity contribution in [1.82, 2.24) is 9.62 Å². The second-order valence-corrected chi connectivity index (χ2v) is 9.97. The molecule has 3 rings (SSSR count). The molecule has 2 amide bonds. The number of rotatable bonds is 7. The van der Waals surface area contributed by atoms with Gasteiger partial charge in [0.1, 0.15) is 5.75 Å². The minimum absolute atomic E-state index is 0.275. The molecular weight excluding hydrogens is 414 g/mol. The fraction of sp³-hybridized carbons (Fsp3) is 0.435. The van der Waals surface area contributed by atoms with E-state index in [-0.39, 0.29) is 6.03 Å². The summed E-state index contributed by atoms with van der Waals surface area (Å²) >= 11 is 0. The average molecular weight is 446 g/mol. The number of nitrogens with one attached hydrogen (secondary N) is 2. The highest BCUT2D eigenvalue weighted by Crippen LogP contribution is 2.26. The number of ether oxygens (including phenoxy) is 1. The molecule has 2 aromatic rings. The van der Waals surface area contributed by atoms with Crippen LogP contribution >= 0.6 is 0 Å². The standard InChI is InChI=1S/C23H31N3O4S/c1-17-4-7-20(8-5-17)31(28,29)26-14-11-19(12-15-26)10-13-24-23(27)25-21-16-18(2)6-9-22(21)30-3/h4-9,16,19H,10-15H2,1-3H3,(H2,24,25,27). The van der Waals surface area contributed by atoms with Gasteiger partial charge in [-0.3, -0.25) is 0 Å². The lowest BCUT2D eigenvalue weighted by atomic mass is 9.95. The van der Waals surface area contributed by atoms with Gasteiger partial charge in [-0.1, -0.05) is 23.8 Å². The smallest absolute Gasteiger partial charge is 0.319 e. The molecule has 1 heterocycles. The number of hydrogen-bond donors (Lipinski definition) is 2. The SMILES string of the molecule is COc1ccc(C)cc1NC(=O)NCCC1CCN(S(=O)(=O)c2ccc(C)cc2)CC1. The summed E-state index contributed by atoms with van der Waals surface area (Å²) in [5.41, 5.74) is 2.70. The molecule has 31 heavy (non-hydrogen) atoms. The van der Waals surface area contributed by atoms with Crippen LogP contribution in [-0.4, -0.2) is 45.5 Å². The van der Waals surface area contributed by atoms with Gasteiger partial charge in [-0.25, -0.2) is 13.2 Å². The second kappa shape index (κ2) is 10.2. The third kappa shape index (κ3) is 5.98. The van der Waals surface area contributed by atoms with Crippen LogP contribution in [0.4, 0.5) is 10.5 Å². The van der Waals surface area contributed by atoms with E-state index in [0.717, 1.165) is 30.4 Å². The summed E-state index contributed by atoms with van der Waals surface area (Å²) in [6.45, 7) is 5.44. The normalized spacial score (nSPS) is 15.5. The van der Waals surface area contributed by atoms with Gasteiger partial charge >= 0.3 is 6.03 Å². The summed E-state index contributed by atoms with van der Waals surface area (Å²) in [6, 6.07) is 12.3. The lowest BCUT2D eigenvalue weighted by Crippen LogP contribution is -2.39. The first-order valence-electron chi connectivity index (χ1n) is 10.6. The lowest BCUT2D eigenvalue weighted by Gasteiger charge is -2.31. The van der Waals surface area contributed by atoms with E-state index in [1.807, 2.05) is 44.2 Å². The van der Waals surface area contributed by atoms with Crippen molar-refractivity contribution in [3.63, 3.8) is 0 Å². The Balaban J connectivity index is 1.44. The van der Waals surface area contributed by atoms with E-state index in [9.17, 15) is 13.2 Å². The largest absolute Gasteiger partial charge is 0.495 e. The number of nitrogens with zero attached hydrogens (tertiary/aromatic N) is 1. The Labute approximate surface area is 184 Å². The second-order valence-electron chi connectivity index (χ2n) is 8.03. The van der Waals surface area contributed by atoms with E-state index in [0.29, 0.717) is 41.9 Å². The van der Waals surface area contributed by atoms with Crippen molar-refractivity contribution in [2.45, 2.75) is 38.0 Å². The summed E-state index contributed by atoms with van der Waals surface area (Å²) in [5.74, 6) is 1.00. The molecule has 0 spiro atoms. The van der Waals surface area contributed by atoms with Gasteiger partial charge in [-0.15, -0.1) is 0 Å². The van der Waals surface area contributed by atoms with Gasteiger partial charge in [-0.05, 0) is 68.9 Å². The van der Waals surface area contributed by atoms with Crippen molar-refractivity contribution in [2.24, 2.45) is 5.92 Å². The Morgan fingerprint density at radius 2 is 1.71 bits per heavy atom. The molecule has 168 valence electrons. The fourth-order valence-electron chi connectivity index (χ4n) is 3.77. The van der Waals surface area contributed by atoms with Gasteiger partial charge in [0, 0.05) is 19.6 Å². The maximum atomic E-state index is 12.8. The van der Waals surface area contributed by atoms with Crippen molar-refractivity contribution in [2.75, 3.05) is 32.1 Å². The Kier molecular flexibility index (Phi) is 7.56. The number of urea groups is 1. The maximum absolute atomic E-state index is 12.8. The molecule has 0 unspecified atom stereocenters. The first kappa shape index (κ1) is 23.1. The van der Waals surface area contributed by atoms with Gasteiger partial charge in [0.15, 0.2) is 0 Å². The minimum atomic E-state index is -3.44. The van der Waals surface area contributed by atoms with E-state index in [4.69, 9.17) is 4.74 Å². The van der Waals surface area contributed by atoms with Crippen LogP contribution in [-0.2, 0) is 10.0 Å². The third-order valence-electron chi connectivity index (χ3n) is 5.67. The monoisotopic (exact) mass is 445 g/mol. The first-order valence-corrected chi connectivity index (χ1v) is 12.0. The van der Waals surface area contributed by atoms with Crippen LogP contribution in [0, 0.1) is 19.8 Å². The summed E-state index contributed by atoms with van der Waals surface area (Å²) < 4.78 is 32.5. The molecule has 1 fully saturated rings. The van der Waals surface area contributed by atoms with E-state index >= 15 is 0 Å².